The highest BCUT2D eigenvalue weighted by Crippen LogP contribution is 2.08. The highest BCUT2D eigenvalue weighted by atomic mass is 16.6. The van der Waals surface area contributed by atoms with E-state index in [0.29, 0.717) is 6.54 Å². The third kappa shape index (κ3) is 6.29. The molecule has 0 saturated carbocycles. The zero-order valence-corrected chi connectivity index (χ0v) is 13.3. The van der Waals surface area contributed by atoms with Gasteiger partial charge in [-0.2, -0.15) is 0 Å². The molecule has 0 aliphatic heterocycles. The molecule has 0 bridgehead atoms. The van der Waals surface area contributed by atoms with Crippen LogP contribution in [0.5, 0.6) is 0 Å². The van der Waals surface area contributed by atoms with E-state index in [0.717, 1.165) is 5.56 Å². The smallest absolute Gasteiger partial charge is 0.408 e. The maximum absolute atomic E-state index is 12.2. The van der Waals surface area contributed by atoms with Gasteiger partial charge in [-0.3, -0.25) is 4.79 Å². The molecule has 0 radical (unpaired) electrons. The normalized spacial score (nSPS) is 12.4. The van der Waals surface area contributed by atoms with Gasteiger partial charge in [-0.25, -0.2) is 4.79 Å². The minimum Gasteiger partial charge on any atom is -0.444 e. The summed E-state index contributed by atoms with van der Waals surface area (Å²) in [5.74, 6) is -0.162. The molecule has 1 atom stereocenters. The van der Waals surface area contributed by atoms with Crippen LogP contribution >= 0.6 is 0 Å². The van der Waals surface area contributed by atoms with Crippen molar-refractivity contribution < 1.29 is 14.3 Å². The summed E-state index contributed by atoms with van der Waals surface area (Å²) in [6.07, 6.45) is -0.587. The minimum atomic E-state index is -0.631. The predicted molar refractivity (Wildman–Crippen MR) is 81.7 cm³/mol. The molecule has 1 aromatic rings. The highest BCUT2D eigenvalue weighted by Gasteiger charge is 2.23. The summed E-state index contributed by atoms with van der Waals surface area (Å²) in [7, 11) is 1.71. The van der Waals surface area contributed by atoms with Gasteiger partial charge >= 0.3 is 6.09 Å². The van der Waals surface area contributed by atoms with E-state index >= 15 is 0 Å². The second-order valence-electron chi connectivity index (χ2n) is 6.05. The molecule has 0 fully saturated rings. The zero-order valence-electron chi connectivity index (χ0n) is 13.3. The average Bonchev–Trinajstić information content (AvgIpc) is 2.36. The standard InChI is InChI=1S/C16H24N2O3/c1-12(17-15(20)21-16(2,3)4)14(19)18(5)11-13-9-7-6-8-10-13/h6-10,12H,11H2,1-5H3,(H,17,20)/t12-/m1/s1. The second kappa shape index (κ2) is 7.11. The summed E-state index contributed by atoms with van der Waals surface area (Å²) in [5, 5.41) is 2.55. The largest absolute Gasteiger partial charge is 0.444 e. The molecular formula is C16H24N2O3. The molecule has 0 heterocycles. The highest BCUT2D eigenvalue weighted by molar-refractivity contribution is 5.85. The Balaban J connectivity index is 2.52. The van der Waals surface area contributed by atoms with Gasteiger partial charge in [-0.15, -0.1) is 0 Å². The number of nitrogens with zero attached hydrogens (tertiary/aromatic N) is 1. The van der Waals surface area contributed by atoms with Crippen molar-refractivity contribution in [1.29, 1.82) is 0 Å². The van der Waals surface area contributed by atoms with Crippen LogP contribution < -0.4 is 5.32 Å². The van der Waals surface area contributed by atoms with Gasteiger partial charge in [0.2, 0.25) is 5.91 Å². The summed E-state index contributed by atoms with van der Waals surface area (Å²) in [5.41, 5.74) is 0.459. The SMILES string of the molecule is C[C@@H](NC(=O)OC(C)(C)C)C(=O)N(C)Cc1ccccc1. The Morgan fingerprint density at radius 3 is 2.33 bits per heavy atom. The Morgan fingerprint density at radius 1 is 1.24 bits per heavy atom. The van der Waals surface area contributed by atoms with Crippen LogP contribution in [-0.2, 0) is 16.1 Å². The van der Waals surface area contributed by atoms with Crippen molar-refractivity contribution in [3.8, 4) is 0 Å². The van der Waals surface area contributed by atoms with Crippen LogP contribution in [0.25, 0.3) is 0 Å². The number of carbonyl (C=O) groups excluding carboxylic acids is 2. The van der Waals surface area contributed by atoms with Crippen LogP contribution in [-0.4, -0.2) is 35.6 Å². The van der Waals surface area contributed by atoms with Crippen LogP contribution in [0.2, 0.25) is 0 Å². The molecule has 0 unspecified atom stereocenters. The number of carbonyl (C=O) groups is 2. The average molecular weight is 292 g/mol. The van der Waals surface area contributed by atoms with Gasteiger partial charge in [0.25, 0.3) is 0 Å². The quantitative estimate of drug-likeness (QED) is 0.928. The van der Waals surface area contributed by atoms with Crippen molar-refractivity contribution in [3.05, 3.63) is 35.9 Å². The lowest BCUT2D eigenvalue weighted by Crippen LogP contribution is -2.46. The van der Waals surface area contributed by atoms with Gasteiger partial charge in [-0.1, -0.05) is 30.3 Å². The first kappa shape index (κ1) is 17.0. The van der Waals surface area contributed by atoms with E-state index in [4.69, 9.17) is 4.74 Å². The Labute approximate surface area is 126 Å². The Hall–Kier alpha value is -2.04. The van der Waals surface area contributed by atoms with Gasteiger partial charge in [0, 0.05) is 13.6 Å². The van der Waals surface area contributed by atoms with Crippen molar-refractivity contribution >= 4 is 12.0 Å². The van der Waals surface area contributed by atoms with E-state index in [2.05, 4.69) is 5.32 Å². The molecule has 0 saturated heterocycles. The lowest BCUT2D eigenvalue weighted by Gasteiger charge is -2.24. The summed E-state index contributed by atoms with van der Waals surface area (Å²) in [6, 6.07) is 9.06. The van der Waals surface area contributed by atoms with E-state index in [1.54, 1.807) is 39.6 Å². The van der Waals surface area contributed by atoms with E-state index < -0.39 is 17.7 Å². The first-order valence-corrected chi connectivity index (χ1v) is 6.97. The van der Waals surface area contributed by atoms with E-state index in [9.17, 15) is 9.59 Å². The van der Waals surface area contributed by atoms with E-state index in [-0.39, 0.29) is 5.91 Å². The molecule has 21 heavy (non-hydrogen) atoms. The minimum absolute atomic E-state index is 0.162. The molecule has 116 valence electrons. The molecule has 5 heteroatoms. The summed E-state index contributed by atoms with van der Waals surface area (Å²) >= 11 is 0. The molecule has 0 aromatic heterocycles. The first-order chi connectivity index (χ1) is 9.69. The number of hydrogen-bond acceptors (Lipinski definition) is 3. The molecule has 5 nitrogen and oxygen atoms in total. The molecule has 0 aliphatic rings. The van der Waals surface area contributed by atoms with Crippen molar-refractivity contribution in [2.24, 2.45) is 0 Å². The number of rotatable bonds is 4. The molecule has 0 aliphatic carbocycles. The monoisotopic (exact) mass is 292 g/mol. The number of ether oxygens (including phenoxy) is 1. The van der Waals surface area contributed by atoms with Crippen LogP contribution in [0.15, 0.2) is 30.3 Å². The van der Waals surface area contributed by atoms with Crippen molar-refractivity contribution in [2.75, 3.05) is 7.05 Å². The van der Waals surface area contributed by atoms with Crippen molar-refractivity contribution in [1.82, 2.24) is 10.2 Å². The van der Waals surface area contributed by atoms with E-state index in [1.807, 2.05) is 30.3 Å². The second-order valence-corrected chi connectivity index (χ2v) is 6.05. The van der Waals surface area contributed by atoms with Crippen LogP contribution in [0.4, 0.5) is 4.79 Å². The van der Waals surface area contributed by atoms with E-state index in [1.165, 1.54) is 0 Å². The zero-order chi connectivity index (χ0) is 16.0. The number of hydrogen-bond donors (Lipinski definition) is 1. The van der Waals surface area contributed by atoms with Crippen LogP contribution in [0.1, 0.15) is 33.3 Å². The molecule has 1 aromatic carbocycles. The maximum Gasteiger partial charge on any atom is 0.408 e. The third-order valence-electron chi connectivity index (χ3n) is 2.74. The number of amides is 2. The third-order valence-corrected chi connectivity index (χ3v) is 2.74. The van der Waals surface area contributed by atoms with Crippen molar-refractivity contribution in [2.45, 2.75) is 45.9 Å². The number of benzene rings is 1. The molecule has 0 spiro atoms. The fourth-order valence-corrected chi connectivity index (χ4v) is 1.81. The van der Waals surface area contributed by atoms with Gasteiger partial charge < -0.3 is 15.0 Å². The summed E-state index contributed by atoms with van der Waals surface area (Å²) < 4.78 is 5.14. The lowest BCUT2D eigenvalue weighted by atomic mass is 10.2. The fourth-order valence-electron chi connectivity index (χ4n) is 1.81. The fraction of sp³-hybridized carbons (Fsp3) is 0.500. The first-order valence-electron chi connectivity index (χ1n) is 6.97. The number of nitrogens with one attached hydrogen (secondary N) is 1. The van der Waals surface area contributed by atoms with Gasteiger partial charge in [0.05, 0.1) is 0 Å². The summed E-state index contributed by atoms with van der Waals surface area (Å²) in [6.45, 7) is 7.48. The maximum atomic E-state index is 12.2. The summed E-state index contributed by atoms with van der Waals surface area (Å²) in [4.78, 5) is 25.4. The molecule has 1 rings (SSSR count). The Bertz CT molecular complexity index is 480. The van der Waals surface area contributed by atoms with Crippen molar-refractivity contribution in [3.63, 3.8) is 0 Å². The number of likely N-dealkylation sites (N-methyl/N-ethyl adjacent to an activating group) is 1. The number of alkyl carbamates (subject to hydrolysis) is 1. The van der Waals surface area contributed by atoms with Crippen LogP contribution in [0, 0.1) is 0 Å². The van der Waals surface area contributed by atoms with Gasteiger partial charge in [0.1, 0.15) is 11.6 Å². The predicted octanol–water partition coefficient (Wildman–Crippen LogP) is 2.56. The Kier molecular flexibility index (Phi) is 5.76. The van der Waals surface area contributed by atoms with Gasteiger partial charge in [-0.05, 0) is 33.3 Å². The molecule has 1 N–H and O–H groups in total. The van der Waals surface area contributed by atoms with Crippen LogP contribution in [0.3, 0.4) is 0 Å². The van der Waals surface area contributed by atoms with Gasteiger partial charge in [0.15, 0.2) is 0 Å². The topological polar surface area (TPSA) is 58.6 Å². The Morgan fingerprint density at radius 2 is 1.81 bits per heavy atom. The molecular weight excluding hydrogens is 268 g/mol. The lowest BCUT2D eigenvalue weighted by molar-refractivity contribution is -0.132. The molecule has 2 amide bonds.